The molecule has 0 saturated heterocycles. The summed E-state index contributed by atoms with van der Waals surface area (Å²) < 4.78 is 1.37. The van der Waals surface area contributed by atoms with Gasteiger partial charge in [-0.1, -0.05) is 12.7 Å². The Labute approximate surface area is 70.0 Å². The van der Waals surface area contributed by atoms with Gasteiger partial charge in [-0.15, -0.1) is 23.1 Å². The van der Waals surface area contributed by atoms with Crippen LogP contribution in [0.15, 0.2) is 16.9 Å². The fraction of sp³-hybridized carbons (Fsp3) is 0.250. The van der Waals surface area contributed by atoms with Gasteiger partial charge in [0.15, 0.2) is 0 Å². The van der Waals surface area contributed by atoms with Crippen LogP contribution >= 0.6 is 23.1 Å². The van der Waals surface area contributed by atoms with Crippen molar-refractivity contribution in [1.82, 2.24) is 0 Å². The van der Waals surface area contributed by atoms with Crippen LogP contribution in [0.3, 0.4) is 0 Å². The molecule has 0 aliphatic carbocycles. The molecular formula is C8H10S2. The molecule has 0 aliphatic rings. The second-order valence-corrected chi connectivity index (χ2v) is 4.34. The lowest BCUT2D eigenvalue weighted by Crippen LogP contribution is -1.63. The van der Waals surface area contributed by atoms with Crippen molar-refractivity contribution in [2.45, 2.75) is 11.1 Å². The van der Waals surface area contributed by atoms with E-state index in [1.807, 2.05) is 17.4 Å². The maximum Gasteiger partial charge on any atom is 0.0671 e. The van der Waals surface area contributed by atoms with Gasteiger partial charge in [0, 0.05) is 4.88 Å². The summed E-state index contributed by atoms with van der Waals surface area (Å²) in [6.45, 7) is 5.87. The molecule has 1 heterocycles. The molecule has 0 spiro atoms. The zero-order chi connectivity index (χ0) is 7.56. The quantitative estimate of drug-likeness (QED) is 0.613. The smallest absolute Gasteiger partial charge is 0.0671 e. The summed E-state index contributed by atoms with van der Waals surface area (Å²) in [6.07, 6.45) is 4.01. The largest absolute Gasteiger partial charge is 0.134 e. The van der Waals surface area contributed by atoms with E-state index in [9.17, 15) is 0 Å². The molecule has 10 heavy (non-hydrogen) atoms. The number of rotatable bonds is 2. The zero-order valence-corrected chi connectivity index (χ0v) is 7.81. The molecule has 1 aromatic heterocycles. The summed E-state index contributed by atoms with van der Waals surface area (Å²) in [7, 11) is 0. The van der Waals surface area contributed by atoms with Gasteiger partial charge < -0.3 is 0 Å². The molecule has 2 heteroatoms. The van der Waals surface area contributed by atoms with Crippen LogP contribution in [0.5, 0.6) is 0 Å². The minimum absolute atomic E-state index is 1.27. The third kappa shape index (κ3) is 1.44. The first-order valence-corrected chi connectivity index (χ1v) is 5.09. The monoisotopic (exact) mass is 170 g/mol. The average molecular weight is 170 g/mol. The predicted octanol–water partition coefficient (Wildman–Crippen LogP) is 3.42. The van der Waals surface area contributed by atoms with E-state index in [4.69, 9.17) is 0 Å². The number of hydrogen-bond acceptors (Lipinski definition) is 2. The molecule has 0 atom stereocenters. The number of aryl methyl sites for hydroxylation is 1. The van der Waals surface area contributed by atoms with Gasteiger partial charge in [-0.2, -0.15) is 0 Å². The molecule has 0 fully saturated rings. The third-order valence-corrected chi connectivity index (χ3v) is 3.47. The lowest BCUT2D eigenvalue weighted by Gasteiger charge is -1.89. The second kappa shape index (κ2) is 3.26. The van der Waals surface area contributed by atoms with Crippen LogP contribution in [0.2, 0.25) is 0 Å². The van der Waals surface area contributed by atoms with Crippen molar-refractivity contribution in [2.75, 3.05) is 6.26 Å². The van der Waals surface area contributed by atoms with Crippen LogP contribution in [0, 0.1) is 6.92 Å². The molecule has 0 N–H and O–H groups in total. The van der Waals surface area contributed by atoms with Gasteiger partial charge in [0.1, 0.15) is 0 Å². The van der Waals surface area contributed by atoms with E-state index in [-0.39, 0.29) is 0 Å². The van der Waals surface area contributed by atoms with Crippen LogP contribution in [0.4, 0.5) is 0 Å². The van der Waals surface area contributed by atoms with Gasteiger partial charge in [0.25, 0.3) is 0 Å². The van der Waals surface area contributed by atoms with Gasteiger partial charge >= 0.3 is 0 Å². The van der Waals surface area contributed by atoms with Crippen LogP contribution < -0.4 is 0 Å². The van der Waals surface area contributed by atoms with Crippen molar-refractivity contribution in [3.05, 3.63) is 23.1 Å². The standard InChI is InChI=1S/C8H10S2/c1-4-7-5-6(2)10-8(7)9-3/h4-5H,1H2,2-3H3. The Morgan fingerprint density at radius 3 is 2.80 bits per heavy atom. The first kappa shape index (κ1) is 7.89. The van der Waals surface area contributed by atoms with Gasteiger partial charge in [-0.3, -0.25) is 0 Å². The number of thiophene rings is 1. The van der Waals surface area contributed by atoms with Crippen molar-refractivity contribution in [1.29, 1.82) is 0 Å². The molecule has 54 valence electrons. The fourth-order valence-electron chi connectivity index (χ4n) is 0.814. The van der Waals surface area contributed by atoms with Crippen molar-refractivity contribution in [3.63, 3.8) is 0 Å². The summed E-state index contributed by atoms with van der Waals surface area (Å²) in [4.78, 5) is 1.36. The first-order valence-electron chi connectivity index (χ1n) is 3.04. The summed E-state index contributed by atoms with van der Waals surface area (Å²) in [5.41, 5.74) is 1.27. The summed E-state index contributed by atoms with van der Waals surface area (Å²) in [5, 5.41) is 0. The molecule has 0 nitrogen and oxygen atoms in total. The maximum absolute atomic E-state index is 3.75. The van der Waals surface area contributed by atoms with E-state index >= 15 is 0 Å². The third-order valence-electron chi connectivity index (χ3n) is 1.25. The Kier molecular flexibility index (Phi) is 2.57. The highest BCUT2D eigenvalue weighted by molar-refractivity contribution is 8.00. The Hall–Kier alpha value is -0.210. The lowest BCUT2D eigenvalue weighted by molar-refractivity contribution is 1.59. The highest BCUT2D eigenvalue weighted by Crippen LogP contribution is 2.30. The molecule has 0 unspecified atom stereocenters. The Balaban J connectivity index is 3.08. The van der Waals surface area contributed by atoms with Crippen LogP contribution in [0.25, 0.3) is 6.08 Å². The topological polar surface area (TPSA) is 0 Å². The van der Waals surface area contributed by atoms with Gasteiger partial charge in [0.2, 0.25) is 0 Å². The van der Waals surface area contributed by atoms with Gasteiger partial charge in [-0.25, -0.2) is 0 Å². The normalized spacial score (nSPS) is 9.80. The van der Waals surface area contributed by atoms with E-state index in [0.29, 0.717) is 0 Å². The van der Waals surface area contributed by atoms with Crippen LogP contribution in [-0.4, -0.2) is 6.26 Å². The average Bonchev–Trinajstić information content (AvgIpc) is 2.30. The minimum Gasteiger partial charge on any atom is -0.134 e. The van der Waals surface area contributed by atoms with Crippen molar-refractivity contribution < 1.29 is 0 Å². The van der Waals surface area contributed by atoms with E-state index in [1.165, 1.54) is 14.6 Å². The molecule has 0 amide bonds. The fourth-order valence-corrected chi connectivity index (χ4v) is 2.66. The molecule has 1 rings (SSSR count). The predicted molar refractivity (Wildman–Crippen MR) is 50.9 cm³/mol. The van der Waals surface area contributed by atoms with E-state index in [2.05, 4.69) is 25.8 Å². The Morgan fingerprint density at radius 2 is 2.40 bits per heavy atom. The van der Waals surface area contributed by atoms with Crippen molar-refractivity contribution >= 4 is 29.2 Å². The van der Waals surface area contributed by atoms with Gasteiger partial charge in [0.05, 0.1) is 4.21 Å². The van der Waals surface area contributed by atoms with E-state index in [0.717, 1.165) is 0 Å². The molecule has 0 aliphatic heterocycles. The Morgan fingerprint density at radius 1 is 1.70 bits per heavy atom. The SMILES string of the molecule is C=Cc1cc(C)sc1SC. The molecular weight excluding hydrogens is 160 g/mol. The molecule has 0 aromatic carbocycles. The number of thioether (sulfide) groups is 1. The summed E-state index contributed by atoms with van der Waals surface area (Å²) in [6, 6.07) is 2.17. The van der Waals surface area contributed by atoms with E-state index in [1.54, 1.807) is 11.8 Å². The van der Waals surface area contributed by atoms with Crippen molar-refractivity contribution in [2.24, 2.45) is 0 Å². The molecule has 0 saturated carbocycles. The molecule has 0 bridgehead atoms. The summed E-state index contributed by atoms with van der Waals surface area (Å²) >= 11 is 3.62. The highest BCUT2D eigenvalue weighted by atomic mass is 32.2. The van der Waals surface area contributed by atoms with Gasteiger partial charge in [-0.05, 0) is 24.8 Å². The maximum atomic E-state index is 3.75. The van der Waals surface area contributed by atoms with Crippen molar-refractivity contribution in [3.8, 4) is 0 Å². The summed E-state index contributed by atoms with van der Waals surface area (Å²) in [5.74, 6) is 0. The first-order chi connectivity index (χ1) is 4.77. The Bertz CT molecular complexity index is 235. The van der Waals surface area contributed by atoms with E-state index < -0.39 is 0 Å². The molecule has 0 radical (unpaired) electrons. The van der Waals surface area contributed by atoms with Crippen LogP contribution in [-0.2, 0) is 0 Å². The second-order valence-electron chi connectivity index (χ2n) is 2.01. The number of hydrogen-bond donors (Lipinski definition) is 0. The lowest BCUT2D eigenvalue weighted by atomic mass is 10.3. The highest BCUT2D eigenvalue weighted by Gasteiger charge is 2.00. The van der Waals surface area contributed by atoms with Crippen LogP contribution in [0.1, 0.15) is 10.4 Å². The molecule has 1 aromatic rings. The zero-order valence-electron chi connectivity index (χ0n) is 6.18. The minimum atomic E-state index is 1.27.